The molecule has 3 nitrogen and oxygen atoms in total. The highest BCUT2D eigenvalue weighted by Gasteiger charge is 1.95. The summed E-state index contributed by atoms with van der Waals surface area (Å²) in [5.41, 5.74) is 7.79. The van der Waals surface area contributed by atoms with Crippen LogP contribution in [0.3, 0.4) is 0 Å². The van der Waals surface area contributed by atoms with Crippen LogP contribution in [0.1, 0.15) is 5.56 Å². The third-order valence-corrected chi connectivity index (χ3v) is 2.64. The van der Waals surface area contributed by atoms with Crippen LogP contribution in [0.15, 0.2) is 59.6 Å². The van der Waals surface area contributed by atoms with Gasteiger partial charge in [0.1, 0.15) is 0 Å². The summed E-state index contributed by atoms with van der Waals surface area (Å²) in [6.07, 6.45) is 0. The van der Waals surface area contributed by atoms with Gasteiger partial charge in [-0.3, -0.25) is 0 Å². The number of rotatable bonds is 3. The molecule has 0 radical (unpaired) electrons. The van der Waals surface area contributed by atoms with E-state index in [0.717, 1.165) is 16.3 Å². The molecular weight excluding hydrogens is 373 g/mol. The van der Waals surface area contributed by atoms with Crippen LogP contribution < -0.4 is 11.1 Å². The number of aliphatic imine (C=N–C) groups is 1. The van der Waals surface area contributed by atoms with Crippen molar-refractivity contribution in [2.45, 2.75) is 6.54 Å². The fourth-order valence-corrected chi connectivity index (χ4v) is 1.60. The molecule has 0 bridgehead atoms. The topological polar surface area (TPSA) is 50.4 Å². The van der Waals surface area contributed by atoms with Gasteiger partial charge in [-0.25, -0.2) is 4.99 Å². The van der Waals surface area contributed by atoms with E-state index in [9.17, 15) is 0 Å². The number of nitrogens with two attached hydrogens (primary N) is 1. The van der Waals surface area contributed by atoms with Crippen molar-refractivity contribution >= 4 is 47.2 Å². The highest BCUT2D eigenvalue weighted by atomic mass is 127. The second kappa shape index (κ2) is 8.01. The molecule has 0 amide bonds. The number of anilines is 1. The number of halogens is 2. The lowest BCUT2D eigenvalue weighted by Gasteiger charge is -2.05. The molecule has 0 spiro atoms. The SMILES string of the molecule is I.NC(=NCc1ccc(Cl)cc1)Nc1ccccc1. The first kappa shape index (κ1) is 15.8. The quantitative estimate of drug-likeness (QED) is 0.477. The van der Waals surface area contributed by atoms with Crippen molar-refractivity contribution in [1.82, 2.24) is 0 Å². The molecule has 0 aliphatic rings. The second-order valence-corrected chi connectivity index (χ2v) is 4.26. The molecule has 100 valence electrons. The number of nitrogens with zero attached hydrogens (tertiary/aromatic N) is 1. The zero-order chi connectivity index (χ0) is 12.8. The highest BCUT2D eigenvalue weighted by molar-refractivity contribution is 14.0. The van der Waals surface area contributed by atoms with E-state index in [2.05, 4.69) is 10.3 Å². The predicted molar refractivity (Wildman–Crippen MR) is 92.3 cm³/mol. The van der Waals surface area contributed by atoms with Gasteiger partial charge in [-0.1, -0.05) is 41.9 Å². The predicted octanol–water partition coefficient (Wildman–Crippen LogP) is 3.88. The lowest BCUT2D eigenvalue weighted by atomic mass is 10.2. The second-order valence-electron chi connectivity index (χ2n) is 3.82. The summed E-state index contributed by atoms with van der Waals surface area (Å²) in [4.78, 5) is 4.26. The molecule has 0 aromatic heterocycles. The average Bonchev–Trinajstić information content (AvgIpc) is 2.39. The largest absolute Gasteiger partial charge is 0.370 e. The Bertz CT molecular complexity index is 526. The molecule has 0 heterocycles. The van der Waals surface area contributed by atoms with E-state index in [4.69, 9.17) is 17.3 Å². The zero-order valence-electron chi connectivity index (χ0n) is 10.2. The molecule has 2 aromatic rings. The Morgan fingerprint density at radius 1 is 1.05 bits per heavy atom. The van der Waals surface area contributed by atoms with Crippen LogP contribution in [-0.4, -0.2) is 5.96 Å². The maximum absolute atomic E-state index is 5.81. The molecule has 19 heavy (non-hydrogen) atoms. The molecule has 0 atom stereocenters. The van der Waals surface area contributed by atoms with Crippen LogP contribution in [0, 0.1) is 0 Å². The summed E-state index contributed by atoms with van der Waals surface area (Å²) in [6.45, 7) is 0.531. The summed E-state index contributed by atoms with van der Waals surface area (Å²) in [5.74, 6) is 0.399. The van der Waals surface area contributed by atoms with Gasteiger partial charge in [-0.05, 0) is 29.8 Å². The van der Waals surface area contributed by atoms with Gasteiger partial charge in [0.15, 0.2) is 5.96 Å². The minimum absolute atomic E-state index is 0. The number of guanidine groups is 1. The van der Waals surface area contributed by atoms with Crippen molar-refractivity contribution < 1.29 is 0 Å². The summed E-state index contributed by atoms with van der Waals surface area (Å²) < 4.78 is 0. The first-order valence-corrected chi connectivity index (χ1v) is 5.98. The Hall–Kier alpha value is -1.27. The Morgan fingerprint density at radius 2 is 1.68 bits per heavy atom. The van der Waals surface area contributed by atoms with E-state index in [1.54, 1.807) is 0 Å². The Kier molecular flexibility index (Phi) is 6.66. The van der Waals surface area contributed by atoms with Crippen molar-refractivity contribution in [3.63, 3.8) is 0 Å². The first-order valence-electron chi connectivity index (χ1n) is 5.60. The highest BCUT2D eigenvalue weighted by Crippen LogP contribution is 2.10. The van der Waals surface area contributed by atoms with Crippen molar-refractivity contribution in [3.05, 3.63) is 65.2 Å². The molecular formula is C14H15ClIN3. The molecule has 2 aromatic carbocycles. The summed E-state index contributed by atoms with van der Waals surface area (Å²) in [5, 5.41) is 3.75. The van der Waals surface area contributed by atoms with E-state index >= 15 is 0 Å². The maximum atomic E-state index is 5.81. The Morgan fingerprint density at radius 3 is 2.32 bits per heavy atom. The Labute approximate surface area is 134 Å². The van der Waals surface area contributed by atoms with E-state index < -0.39 is 0 Å². The number of benzene rings is 2. The van der Waals surface area contributed by atoms with Crippen molar-refractivity contribution in [2.75, 3.05) is 5.32 Å². The molecule has 0 unspecified atom stereocenters. The maximum Gasteiger partial charge on any atom is 0.193 e. The van der Waals surface area contributed by atoms with Gasteiger partial charge in [-0.15, -0.1) is 24.0 Å². The van der Waals surface area contributed by atoms with Gasteiger partial charge in [-0.2, -0.15) is 0 Å². The number of nitrogens with one attached hydrogen (secondary N) is 1. The van der Waals surface area contributed by atoms with Gasteiger partial charge in [0.05, 0.1) is 6.54 Å². The molecule has 0 saturated heterocycles. The fraction of sp³-hybridized carbons (Fsp3) is 0.0714. The lowest BCUT2D eigenvalue weighted by molar-refractivity contribution is 1.06. The smallest absolute Gasteiger partial charge is 0.193 e. The van der Waals surface area contributed by atoms with Gasteiger partial charge >= 0.3 is 0 Å². The normalized spacial score (nSPS) is 10.7. The molecule has 5 heteroatoms. The third kappa shape index (κ3) is 5.48. The van der Waals surface area contributed by atoms with E-state index in [1.165, 1.54) is 0 Å². The van der Waals surface area contributed by atoms with E-state index in [0.29, 0.717) is 12.5 Å². The number of para-hydroxylation sites is 1. The monoisotopic (exact) mass is 387 g/mol. The van der Waals surface area contributed by atoms with Gasteiger partial charge in [0, 0.05) is 10.7 Å². The molecule has 0 aliphatic carbocycles. The van der Waals surface area contributed by atoms with Crippen LogP contribution in [0.5, 0.6) is 0 Å². The number of hydrogen-bond acceptors (Lipinski definition) is 1. The van der Waals surface area contributed by atoms with Crippen molar-refractivity contribution in [3.8, 4) is 0 Å². The lowest BCUT2D eigenvalue weighted by Crippen LogP contribution is -2.22. The summed E-state index contributed by atoms with van der Waals surface area (Å²) in [7, 11) is 0. The Balaban J connectivity index is 0.00000180. The summed E-state index contributed by atoms with van der Waals surface area (Å²) in [6, 6.07) is 17.2. The van der Waals surface area contributed by atoms with E-state index in [1.807, 2.05) is 54.6 Å². The van der Waals surface area contributed by atoms with Crippen molar-refractivity contribution in [2.24, 2.45) is 10.7 Å². The fourth-order valence-electron chi connectivity index (χ4n) is 1.48. The van der Waals surface area contributed by atoms with Crippen molar-refractivity contribution in [1.29, 1.82) is 0 Å². The average molecular weight is 388 g/mol. The molecule has 3 N–H and O–H groups in total. The zero-order valence-corrected chi connectivity index (χ0v) is 13.3. The molecule has 0 aliphatic heterocycles. The summed E-state index contributed by atoms with van der Waals surface area (Å²) >= 11 is 5.81. The standard InChI is InChI=1S/C14H14ClN3.HI/c15-12-8-6-11(7-9-12)10-17-14(16)18-13-4-2-1-3-5-13;/h1-9H,10H2,(H3,16,17,18);1H. The van der Waals surface area contributed by atoms with E-state index in [-0.39, 0.29) is 24.0 Å². The van der Waals surface area contributed by atoms with Crippen LogP contribution in [-0.2, 0) is 6.54 Å². The van der Waals surface area contributed by atoms with Crippen LogP contribution >= 0.6 is 35.6 Å². The molecule has 2 rings (SSSR count). The molecule has 0 saturated carbocycles. The minimum atomic E-state index is 0. The van der Waals surface area contributed by atoms with Gasteiger partial charge < -0.3 is 11.1 Å². The van der Waals surface area contributed by atoms with Crippen LogP contribution in [0.25, 0.3) is 0 Å². The van der Waals surface area contributed by atoms with Gasteiger partial charge in [0.25, 0.3) is 0 Å². The van der Waals surface area contributed by atoms with Crippen LogP contribution in [0.2, 0.25) is 5.02 Å². The minimum Gasteiger partial charge on any atom is -0.370 e. The van der Waals surface area contributed by atoms with Gasteiger partial charge in [0.2, 0.25) is 0 Å². The third-order valence-electron chi connectivity index (χ3n) is 2.39. The first-order chi connectivity index (χ1) is 8.74. The molecule has 0 fully saturated rings. The number of hydrogen-bond donors (Lipinski definition) is 2. The van der Waals surface area contributed by atoms with Crippen LogP contribution in [0.4, 0.5) is 5.69 Å².